The predicted molar refractivity (Wildman–Crippen MR) is 159 cm³/mol. The minimum Gasteiger partial charge on any atom is -0.456 e. The Bertz CT molecular complexity index is 2370. The number of para-hydroxylation sites is 3. The molecule has 39 heavy (non-hydrogen) atoms. The van der Waals surface area contributed by atoms with E-state index in [1.54, 1.807) is 0 Å². The lowest BCUT2D eigenvalue weighted by Crippen LogP contribution is -1.94. The molecule has 4 heteroatoms. The van der Waals surface area contributed by atoms with E-state index < -0.39 is 0 Å². The molecule has 0 bridgehead atoms. The average Bonchev–Trinajstić information content (AvgIpc) is 3.67. The lowest BCUT2D eigenvalue weighted by Gasteiger charge is -2.10. The Morgan fingerprint density at radius 2 is 1.31 bits per heavy atom. The van der Waals surface area contributed by atoms with Crippen LogP contribution in [0.15, 0.2) is 130 Å². The zero-order chi connectivity index (χ0) is 25.5. The largest absolute Gasteiger partial charge is 0.456 e. The maximum absolute atomic E-state index is 6.37. The topological polar surface area (TPSA) is 44.1 Å². The second kappa shape index (κ2) is 7.59. The summed E-state index contributed by atoms with van der Waals surface area (Å²) >= 11 is 0. The second-order valence-electron chi connectivity index (χ2n) is 10.0. The molecule has 6 aromatic carbocycles. The molecule has 9 rings (SSSR count). The molecule has 182 valence electrons. The van der Waals surface area contributed by atoms with Gasteiger partial charge in [0.25, 0.3) is 0 Å². The molecule has 0 fully saturated rings. The van der Waals surface area contributed by atoms with Crippen molar-refractivity contribution in [1.82, 2.24) is 9.55 Å². The van der Waals surface area contributed by atoms with Crippen molar-refractivity contribution in [1.29, 1.82) is 0 Å². The summed E-state index contributed by atoms with van der Waals surface area (Å²) in [5, 5.41) is 7.03. The van der Waals surface area contributed by atoms with E-state index in [9.17, 15) is 0 Å². The third-order valence-corrected chi connectivity index (χ3v) is 7.79. The van der Waals surface area contributed by atoms with Crippen LogP contribution >= 0.6 is 0 Å². The Hall–Kier alpha value is -5.35. The van der Waals surface area contributed by atoms with Gasteiger partial charge >= 0.3 is 0 Å². The second-order valence-corrected chi connectivity index (χ2v) is 10.0. The first kappa shape index (κ1) is 20.7. The maximum atomic E-state index is 6.37. The Morgan fingerprint density at radius 3 is 2.23 bits per heavy atom. The summed E-state index contributed by atoms with van der Waals surface area (Å²) in [5.74, 6) is 0.605. The SMILES string of the molecule is c1ccc2cc3c(cc2c1)c1ccccc1n3-c1cccc2oc3ccc(-c4nc5ccccc5o4)cc3c12. The summed E-state index contributed by atoms with van der Waals surface area (Å²) in [7, 11) is 0. The van der Waals surface area contributed by atoms with E-state index in [4.69, 9.17) is 13.8 Å². The standard InChI is InChI=1S/C35H20N2O2/c1-2-9-22-20-30-25(18-21(22)8-1)24-10-3-5-12-28(24)37(30)29-13-7-15-33-34(29)26-19-23(16-17-31(26)38-33)35-36-27-11-4-6-14-32(27)39-35/h1-20H. The molecule has 0 radical (unpaired) electrons. The van der Waals surface area contributed by atoms with Crippen molar-refractivity contribution in [3.63, 3.8) is 0 Å². The van der Waals surface area contributed by atoms with E-state index in [1.165, 1.54) is 32.6 Å². The van der Waals surface area contributed by atoms with E-state index in [-0.39, 0.29) is 0 Å². The summed E-state index contributed by atoms with van der Waals surface area (Å²) in [6, 6.07) is 42.1. The Kier molecular flexibility index (Phi) is 4.02. The molecule has 0 aliphatic carbocycles. The maximum Gasteiger partial charge on any atom is 0.227 e. The number of rotatable bonds is 2. The van der Waals surface area contributed by atoms with Crippen molar-refractivity contribution in [2.75, 3.05) is 0 Å². The van der Waals surface area contributed by atoms with Crippen molar-refractivity contribution in [3.8, 4) is 17.1 Å². The number of benzene rings is 6. The first-order valence-electron chi connectivity index (χ1n) is 13.1. The van der Waals surface area contributed by atoms with Crippen LogP contribution in [-0.2, 0) is 0 Å². The van der Waals surface area contributed by atoms with Gasteiger partial charge in [-0.25, -0.2) is 4.98 Å². The van der Waals surface area contributed by atoms with Gasteiger partial charge in [-0.05, 0) is 71.4 Å². The molecule has 0 atom stereocenters. The van der Waals surface area contributed by atoms with Gasteiger partial charge in [0.2, 0.25) is 5.89 Å². The number of nitrogens with zero attached hydrogens (tertiary/aromatic N) is 2. The van der Waals surface area contributed by atoms with Crippen molar-refractivity contribution < 1.29 is 8.83 Å². The first-order chi connectivity index (χ1) is 19.3. The molecule has 0 N–H and O–H groups in total. The summed E-state index contributed by atoms with van der Waals surface area (Å²) in [6.45, 7) is 0. The summed E-state index contributed by atoms with van der Waals surface area (Å²) in [6.07, 6.45) is 0. The van der Waals surface area contributed by atoms with Crippen LogP contribution < -0.4 is 0 Å². The van der Waals surface area contributed by atoms with Gasteiger partial charge in [-0.1, -0.05) is 60.7 Å². The van der Waals surface area contributed by atoms with E-state index >= 15 is 0 Å². The van der Waals surface area contributed by atoms with Crippen LogP contribution in [-0.4, -0.2) is 9.55 Å². The number of hydrogen-bond donors (Lipinski definition) is 0. The summed E-state index contributed by atoms with van der Waals surface area (Å²) in [5.41, 5.74) is 7.66. The van der Waals surface area contributed by atoms with Gasteiger partial charge in [0.05, 0.1) is 22.1 Å². The van der Waals surface area contributed by atoms with Crippen LogP contribution in [0.3, 0.4) is 0 Å². The molecule has 0 aliphatic heterocycles. The quantitative estimate of drug-likeness (QED) is 0.237. The molecule has 0 saturated carbocycles. The van der Waals surface area contributed by atoms with Crippen LogP contribution in [0.1, 0.15) is 0 Å². The zero-order valence-corrected chi connectivity index (χ0v) is 20.8. The van der Waals surface area contributed by atoms with Gasteiger partial charge in [-0.2, -0.15) is 0 Å². The lowest BCUT2D eigenvalue weighted by molar-refractivity contribution is 0.620. The normalized spacial score (nSPS) is 12.1. The monoisotopic (exact) mass is 500 g/mol. The highest BCUT2D eigenvalue weighted by Crippen LogP contribution is 2.40. The van der Waals surface area contributed by atoms with Crippen molar-refractivity contribution in [3.05, 3.63) is 121 Å². The highest BCUT2D eigenvalue weighted by Gasteiger charge is 2.19. The zero-order valence-electron chi connectivity index (χ0n) is 20.8. The Balaban J connectivity index is 1.38. The van der Waals surface area contributed by atoms with Gasteiger partial charge in [0.1, 0.15) is 16.7 Å². The number of hydrogen-bond acceptors (Lipinski definition) is 3. The van der Waals surface area contributed by atoms with Gasteiger partial charge in [0, 0.05) is 21.7 Å². The van der Waals surface area contributed by atoms with E-state index in [0.29, 0.717) is 5.89 Å². The molecule has 0 saturated heterocycles. The average molecular weight is 501 g/mol. The minimum atomic E-state index is 0.605. The van der Waals surface area contributed by atoms with E-state index in [1.807, 2.05) is 42.5 Å². The third kappa shape index (κ3) is 2.91. The third-order valence-electron chi connectivity index (χ3n) is 7.79. The van der Waals surface area contributed by atoms with Gasteiger partial charge in [-0.15, -0.1) is 0 Å². The summed E-state index contributed by atoms with van der Waals surface area (Å²) < 4.78 is 14.8. The molecule has 9 aromatic rings. The molecular formula is C35H20N2O2. The van der Waals surface area contributed by atoms with Crippen LogP contribution in [0, 0.1) is 0 Å². The summed E-state index contributed by atoms with van der Waals surface area (Å²) in [4.78, 5) is 4.73. The number of oxazole rings is 1. The molecule has 0 amide bonds. The van der Waals surface area contributed by atoms with E-state index in [0.717, 1.165) is 44.3 Å². The van der Waals surface area contributed by atoms with Crippen LogP contribution in [0.4, 0.5) is 0 Å². The van der Waals surface area contributed by atoms with E-state index in [2.05, 4.69) is 83.4 Å². The fourth-order valence-corrected chi connectivity index (χ4v) is 6.04. The van der Waals surface area contributed by atoms with Crippen LogP contribution in [0.25, 0.3) is 82.8 Å². The molecular weight excluding hydrogens is 480 g/mol. The molecule has 0 aliphatic rings. The van der Waals surface area contributed by atoms with Crippen LogP contribution in [0.5, 0.6) is 0 Å². The van der Waals surface area contributed by atoms with Crippen molar-refractivity contribution >= 4 is 65.6 Å². The fraction of sp³-hybridized carbons (Fsp3) is 0. The smallest absolute Gasteiger partial charge is 0.227 e. The first-order valence-corrected chi connectivity index (χ1v) is 13.1. The van der Waals surface area contributed by atoms with Gasteiger partial charge < -0.3 is 13.4 Å². The Morgan fingerprint density at radius 1 is 0.513 bits per heavy atom. The number of furan rings is 1. The lowest BCUT2D eigenvalue weighted by atomic mass is 10.1. The minimum absolute atomic E-state index is 0.605. The van der Waals surface area contributed by atoms with Crippen LogP contribution in [0.2, 0.25) is 0 Å². The van der Waals surface area contributed by atoms with Crippen molar-refractivity contribution in [2.45, 2.75) is 0 Å². The highest BCUT2D eigenvalue weighted by molar-refractivity contribution is 6.16. The highest BCUT2D eigenvalue weighted by atomic mass is 16.3. The van der Waals surface area contributed by atoms with Gasteiger partial charge in [-0.3, -0.25) is 0 Å². The number of fused-ring (bicyclic) bond motifs is 8. The molecule has 4 nitrogen and oxygen atoms in total. The number of aromatic nitrogens is 2. The molecule has 0 unspecified atom stereocenters. The molecule has 3 aromatic heterocycles. The predicted octanol–water partition coefficient (Wildman–Crippen LogP) is 9.64. The van der Waals surface area contributed by atoms with Gasteiger partial charge in [0.15, 0.2) is 5.58 Å². The fourth-order valence-electron chi connectivity index (χ4n) is 6.04. The van der Waals surface area contributed by atoms with Crippen molar-refractivity contribution in [2.24, 2.45) is 0 Å². The molecule has 0 spiro atoms. The molecule has 3 heterocycles. The Labute approximate surface area is 222 Å².